The van der Waals surface area contributed by atoms with Crippen LogP contribution < -0.4 is 5.32 Å². The first-order valence-electron chi connectivity index (χ1n) is 9.07. The van der Waals surface area contributed by atoms with E-state index in [1.54, 1.807) is 11.8 Å². The number of piperazine rings is 1. The van der Waals surface area contributed by atoms with Crippen LogP contribution in [0, 0.1) is 5.92 Å². The lowest BCUT2D eigenvalue weighted by atomic mass is 9.96. The normalized spacial score (nSPS) is 23.0. The Morgan fingerprint density at radius 3 is 2.39 bits per heavy atom. The number of amides is 2. The third kappa shape index (κ3) is 6.16. The van der Waals surface area contributed by atoms with Gasteiger partial charge in [-0.2, -0.15) is 11.8 Å². The van der Waals surface area contributed by atoms with E-state index in [1.807, 2.05) is 4.90 Å². The standard InChI is InChI=1S/C17H34N4OS/c1-4-16(14-23-3)18-17(22)21-7-5-15(6-8-21)13-20-11-9-19(2)10-12-20/h15-16H,4-14H2,1-3H3,(H,18,22). The van der Waals surface area contributed by atoms with E-state index in [1.165, 1.54) is 32.7 Å². The molecule has 5 nitrogen and oxygen atoms in total. The van der Waals surface area contributed by atoms with Crippen molar-refractivity contribution in [2.75, 3.05) is 64.9 Å². The first-order valence-corrected chi connectivity index (χ1v) is 10.5. The number of nitrogens with one attached hydrogen (secondary N) is 1. The number of likely N-dealkylation sites (tertiary alicyclic amines) is 1. The van der Waals surface area contributed by atoms with Gasteiger partial charge < -0.3 is 20.0 Å². The fourth-order valence-corrected chi connectivity index (χ4v) is 4.16. The Balaban J connectivity index is 1.67. The SMILES string of the molecule is CCC(CSC)NC(=O)N1CCC(CN2CCN(C)CC2)CC1. The number of hydrogen-bond acceptors (Lipinski definition) is 4. The second-order valence-electron chi connectivity index (χ2n) is 7.04. The number of nitrogens with zero attached hydrogens (tertiary/aromatic N) is 3. The van der Waals surface area contributed by atoms with E-state index in [4.69, 9.17) is 0 Å². The van der Waals surface area contributed by atoms with E-state index in [0.717, 1.165) is 44.0 Å². The Labute approximate surface area is 146 Å². The maximum absolute atomic E-state index is 12.4. The molecule has 2 saturated heterocycles. The molecule has 2 heterocycles. The van der Waals surface area contributed by atoms with Crippen molar-refractivity contribution in [3.63, 3.8) is 0 Å². The molecule has 0 radical (unpaired) electrons. The molecule has 0 spiro atoms. The largest absolute Gasteiger partial charge is 0.334 e. The predicted octanol–water partition coefficient (Wildman–Crippen LogP) is 1.80. The van der Waals surface area contributed by atoms with Gasteiger partial charge in [0.1, 0.15) is 0 Å². The van der Waals surface area contributed by atoms with E-state index in [9.17, 15) is 4.79 Å². The Hall–Kier alpha value is -0.460. The lowest BCUT2D eigenvalue weighted by Gasteiger charge is -2.38. The fourth-order valence-electron chi connectivity index (χ4n) is 3.44. The first kappa shape index (κ1) is 18.9. The van der Waals surface area contributed by atoms with Crippen LogP contribution >= 0.6 is 11.8 Å². The number of rotatable bonds is 6. The molecule has 1 N–H and O–H groups in total. The van der Waals surface area contributed by atoms with Gasteiger partial charge >= 0.3 is 6.03 Å². The van der Waals surface area contributed by atoms with Gasteiger partial charge in [0.05, 0.1) is 0 Å². The van der Waals surface area contributed by atoms with Crippen LogP contribution in [-0.2, 0) is 0 Å². The number of likely N-dealkylation sites (N-methyl/N-ethyl adjacent to an activating group) is 1. The summed E-state index contributed by atoms with van der Waals surface area (Å²) in [5.74, 6) is 1.76. The molecule has 0 saturated carbocycles. The zero-order valence-electron chi connectivity index (χ0n) is 15.1. The number of carbonyl (C=O) groups excluding carboxylic acids is 1. The highest BCUT2D eigenvalue weighted by atomic mass is 32.2. The maximum Gasteiger partial charge on any atom is 0.317 e. The topological polar surface area (TPSA) is 38.8 Å². The van der Waals surface area contributed by atoms with Crippen molar-refractivity contribution in [1.82, 2.24) is 20.0 Å². The highest BCUT2D eigenvalue weighted by Gasteiger charge is 2.26. The molecule has 1 unspecified atom stereocenters. The van der Waals surface area contributed by atoms with Crippen LogP contribution in [0.2, 0.25) is 0 Å². The highest BCUT2D eigenvalue weighted by molar-refractivity contribution is 7.98. The van der Waals surface area contributed by atoms with Crippen molar-refractivity contribution < 1.29 is 4.79 Å². The van der Waals surface area contributed by atoms with Gasteiger partial charge in [-0.3, -0.25) is 0 Å². The average molecular weight is 343 g/mol. The summed E-state index contributed by atoms with van der Waals surface area (Å²) in [6.45, 7) is 9.97. The molecule has 134 valence electrons. The number of hydrogen-bond donors (Lipinski definition) is 1. The van der Waals surface area contributed by atoms with Gasteiger partial charge in [0.15, 0.2) is 0 Å². The molecule has 0 aromatic carbocycles. The smallest absolute Gasteiger partial charge is 0.317 e. The third-order valence-corrected chi connectivity index (χ3v) is 5.94. The van der Waals surface area contributed by atoms with Gasteiger partial charge in [-0.15, -0.1) is 0 Å². The molecule has 23 heavy (non-hydrogen) atoms. The van der Waals surface area contributed by atoms with Crippen molar-refractivity contribution in [2.45, 2.75) is 32.2 Å². The van der Waals surface area contributed by atoms with Gasteiger partial charge in [-0.25, -0.2) is 4.79 Å². The van der Waals surface area contributed by atoms with Gasteiger partial charge in [0.25, 0.3) is 0 Å². The van der Waals surface area contributed by atoms with E-state index < -0.39 is 0 Å². The molecule has 0 aromatic rings. The zero-order valence-corrected chi connectivity index (χ0v) is 15.9. The van der Waals surface area contributed by atoms with Gasteiger partial charge in [0.2, 0.25) is 0 Å². The summed E-state index contributed by atoms with van der Waals surface area (Å²) in [6.07, 6.45) is 5.41. The third-order valence-electron chi connectivity index (χ3n) is 5.20. The van der Waals surface area contributed by atoms with Crippen LogP contribution in [0.3, 0.4) is 0 Å². The molecule has 2 amide bonds. The van der Waals surface area contributed by atoms with Crippen molar-refractivity contribution in [2.24, 2.45) is 5.92 Å². The van der Waals surface area contributed by atoms with Crippen LogP contribution in [0.25, 0.3) is 0 Å². The van der Waals surface area contributed by atoms with Crippen LogP contribution in [0.5, 0.6) is 0 Å². The Morgan fingerprint density at radius 2 is 1.83 bits per heavy atom. The second kappa shape index (κ2) is 9.74. The Kier molecular flexibility index (Phi) is 7.99. The molecule has 2 aliphatic rings. The quantitative estimate of drug-likeness (QED) is 0.799. The van der Waals surface area contributed by atoms with Crippen molar-refractivity contribution in [3.05, 3.63) is 0 Å². The predicted molar refractivity (Wildman–Crippen MR) is 99.2 cm³/mol. The van der Waals surface area contributed by atoms with Crippen LogP contribution in [0.4, 0.5) is 4.79 Å². The summed E-state index contributed by atoms with van der Waals surface area (Å²) in [4.78, 5) is 19.4. The van der Waals surface area contributed by atoms with Gasteiger partial charge in [0, 0.05) is 57.6 Å². The van der Waals surface area contributed by atoms with Crippen molar-refractivity contribution in [1.29, 1.82) is 0 Å². The second-order valence-corrected chi connectivity index (χ2v) is 7.95. The lowest BCUT2D eigenvalue weighted by molar-refractivity contribution is 0.110. The lowest BCUT2D eigenvalue weighted by Crippen LogP contribution is -2.50. The monoisotopic (exact) mass is 342 g/mol. The molecule has 2 rings (SSSR count). The number of urea groups is 1. The fraction of sp³-hybridized carbons (Fsp3) is 0.941. The zero-order chi connectivity index (χ0) is 16.7. The maximum atomic E-state index is 12.4. The molecule has 1 atom stereocenters. The summed E-state index contributed by atoms with van der Waals surface area (Å²) < 4.78 is 0. The van der Waals surface area contributed by atoms with Crippen LogP contribution in [0.1, 0.15) is 26.2 Å². The molecule has 2 fully saturated rings. The molecule has 0 bridgehead atoms. The summed E-state index contributed by atoms with van der Waals surface area (Å²) in [7, 11) is 2.20. The molecule has 6 heteroatoms. The molecule has 2 aliphatic heterocycles. The van der Waals surface area contributed by atoms with Crippen molar-refractivity contribution in [3.8, 4) is 0 Å². The van der Waals surface area contributed by atoms with E-state index >= 15 is 0 Å². The number of piperidine rings is 1. The summed E-state index contributed by atoms with van der Waals surface area (Å²) in [6, 6.07) is 0.449. The minimum atomic E-state index is 0.143. The molecular formula is C17H34N4OS. The van der Waals surface area contributed by atoms with E-state index in [0.29, 0.717) is 6.04 Å². The first-order chi connectivity index (χ1) is 11.1. The van der Waals surface area contributed by atoms with E-state index in [2.05, 4.69) is 35.3 Å². The Bertz CT molecular complexity index is 353. The van der Waals surface area contributed by atoms with Crippen LogP contribution in [0.15, 0.2) is 0 Å². The number of thioether (sulfide) groups is 1. The summed E-state index contributed by atoms with van der Waals surface area (Å²) >= 11 is 1.80. The minimum absolute atomic E-state index is 0.143. The highest BCUT2D eigenvalue weighted by Crippen LogP contribution is 2.19. The molecule has 0 aromatic heterocycles. The molecular weight excluding hydrogens is 308 g/mol. The summed E-state index contributed by atoms with van der Waals surface area (Å²) in [5.41, 5.74) is 0. The van der Waals surface area contributed by atoms with Gasteiger partial charge in [-0.05, 0) is 38.5 Å². The number of carbonyl (C=O) groups is 1. The molecule has 0 aliphatic carbocycles. The van der Waals surface area contributed by atoms with Gasteiger partial charge in [-0.1, -0.05) is 6.92 Å². The summed E-state index contributed by atoms with van der Waals surface area (Å²) in [5, 5.41) is 3.19. The Morgan fingerprint density at radius 1 is 1.17 bits per heavy atom. The van der Waals surface area contributed by atoms with Crippen molar-refractivity contribution >= 4 is 17.8 Å². The van der Waals surface area contributed by atoms with E-state index in [-0.39, 0.29) is 6.03 Å². The average Bonchev–Trinajstić information content (AvgIpc) is 2.57. The minimum Gasteiger partial charge on any atom is -0.334 e. The van der Waals surface area contributed by atoms with Crippen LogP contribution in [-0.4, -0.2) is 91.6 Å².